The number of benzene rings is 2. The number of nitrogens with zero attached hydrogens (tertiary/aromatic N) is 2. The second-order valence-electron chi connectivity index (χ2n) is 6.14. The van der Waals surface area contributed by atoms with Crippen molar-refractivity contribution in [2.75, 3.05) is 17.9 Å². The molecule has 3 rings (SSSR count). The van der Waals surface area contributed by atoms with Crippen molar-refractivity contribution in [2.24, 2.45) is 4.99 Å². The van der Waals surface area contributed by atoms with Crippen molar-refractivity contribution < 1.29 is 17.9 Å². The van der Waals surface area contributed by atoms with Gasteiger partial charge < -0.3 is 9.47 Å². The number of aliphatic imine (C=N–C) groups is 1. The molecule has 0 amide bonds. The fourth-order valence-corrected chi connectivity index (χ4v) is 3.64. The molecule has 3 aromatic rings. The Bertz CT molecular complexity index is 1100. The van der Waals surface area contributed by atoms with Crippen LogP contribution in [-0.4, -0.2) is 32.8 Å². The maximum Gasteiger partial charge on any atom is 0.263 e. The molecule has 156 valence electrons. The molecule has 0 bridgehead atoms. The van der Waals surface area contributed by atoms with Gasteiger partial charge in [-0.1, -0.05) is 6.07 Å². The maximum atomic E-state index is 12.5. The van der Waals surface area contributed by atoms with Crippen LogP contribution in [0.15, 0.2) is 76.7 Å². The minimum Gasteiger partial charge on any atom is -0.490 e. The van der Waals surface area contributed by atoms with Gasteiger partial charge in [0.1, 0.15) is 5.82 Å². The molecule has 7 nitrogen and oxygen atoms in total. The third kappa shape index (κ3) is 5.57. The van der Waals surface area contributed by atoms with Crippen LogP contribution in [0.1, 0.15) is 19.4 Å². The van der Waals surface area contributed by atoms with Gasteiger partial charge in [-0.25, -0.2) is 13.4 Å². The Morgan fingerprint density at radius 2 is 1.70 bits per heavy atom. The molecule has 1 aromatic heterocycles. The smallest absolute Gasteiger partial charge is 0.263 e. The standard InChI is InChI=1S/C22H23N3O4S/c1-3-28-20-13-8-17(15-21(20)29-4-2)16-24-18-9-11-19(12-10-18)30(26,27)25-22-7-5-6-14-23-22/h5-16H,3-4H2,1-2H3,(H,23,25). The van der Waals surface area contributed by atoms with Crippen LogP contribution in [-0.2, 0) is 10.0 Å². The Morgan fingerprint density at radius 1 is 0.967 bits per heavy atom. The van der Waals surface area contributed by atoms with Gasteiger partial charge in [0.15, 0.2) is 11.5 Å². The molecule has 0 aliphatic carbocycles. The molecular formula is C22H23N3O4S. The summed E-state index contributed by atoms with van der Waals surface area (Å²) in [6.45, 7) is 4.91. The number of aromatic nitrogens is 1. The Labute approximate surface area is 176 Å². The molecule has 0 unspecified atom stereocenters. The summed E-state index contributed by atoms with van der Waals surface area (Å²) < 4.78 is 38.5. The van der Waals surface area contributed by atoms with E-state index in [2.05, 4.69) is 14.7 Å². The number of hydrogen-bond donors (Lipinski definition) is 1. The van der Waals surface area contributed by atoms with Gasteiger partial charge >= 0.3 is 0 Å². The zero-order chi connectivity index (χ0) is 21.4. The second kappa shape index (κ2) is 9.89. The number of ether oxygens (including phenoxy) is 2. The third-order valence-electron chi connectivity index (χ3n) is 3.98. The number of rotatable bonds is 9. The first-order chi connectivity index (χ1) is 14.5. The van der Waals surface area contributed by atoms with Crippen LogP contribution in [0, 0.1) is 0 Å². The summed E-state index contributed by atoms with van der Waals surface area (Å²) in [5, 5.41) is 0. The summed E-state index contributed by atoms with van der Waals surface area (Å²) in [5.41, 5.74) is 1.47. The van der Waals surface area contributed by atoms with E-state index in [0.29, 0.717) is 30.4 Å². The lowest BCUT2D eigenvalue weighted by molar-refractivity contribution is 0.288. The van der Waals surface area contributed by atoms with Crippen molar-refractivity contribution in [1.82, 2.24) is 4.98 Å². The maximum absolute atomic E-state index is 12.5. The van der Waals surface area contributed by atoms with Gasteiger partial charge in [-0.2, -0.15) is 0 Å². The lowest BCUT2D eigenvalue weighted by atomic mass is 10.2. The van der Waals surface area contributed by atoms with E-state index in [1.54, 1.807) is 36.5 Å². The molecule has 30 heavy (non-hydrogen) atoms. The van der Waals surface area contributed by atoms with Gasteiger partial charge in [0.25, 0.3) is 10.0 Å². The highest BCUT2D eigenvalue weighted by Crippen LogP contribution is 2.28. The Balaban J connectivity index is 1.74. The number of sulfonamides is 1. The number of anilines is 1. The fraction of sp³-hybridized carbons (Fsp3) is 0.182. The Morgan fingerprint density at radius 3 is 2.37 bits per heavy atom. The van der Waals surface area contributed by atoms with Crippen molar-refractivity contribution in [1.29, 1.82) is 0 Å². The SMILES string of the molecule is CCOc1ccc(C=Nc2ccc(S(=O)(=O)Nc3ccccn3)cc2)cc1OCC. The van der Waals surface area contributed by atoms with E-state index in [4.69, 9.17) is 9.47 Å². The normalized spacial score (nSPS) is 11.4. The zero-order valence-corrected chi connectivity index (χ0v) is 17.6. The van der Waals surface area contributed by atoms with Gasteiger partial charge in [0.2, 0.25) is 0 Å². The first-order valence-corrected chi connectivity index (χ1v) is 11.0. The third-order valence-corrected chi connectivity index (χ3v) is 5.35. The predicted molar refractivity (Wildman–Crippen MR) is 118 cm³/mol. The second-order valence-corrected chi connectivity index (χ2v) is 7.83. The molecule has 1 N–H and O–H groups in total. The van der Waals surface area contributed by atoms with E-state index < -0.39 is 10.0 Å². The monoisotopic (exact) mass is 425 g/mol. The van der Waals surface area contributed by atoms with Crippen molar-refractivity contribution in [3.8, 4) is 11.5 Å². The predicted octanol–water partition coefficient (Wildman–Crippen LogP) is 4.43. The van der Waals surface area contributed by atoms with Gasteiger partial charge in [0, 0.05) is 12.4 Å². The molecular weight excluding hydrogens is 402 g/mol. The largest absolute Gasteiger partial charge is 0.490 e. The lowest BCUT2D eigenvalue weighted by Gasteiger charge is -2.11. The minimum atomic E-state index is -3.71. The molecule has 0 fully saturated rings. The van der Waals surface area contributed by atoms with E-state index in [0.717, 1.165) is 5.56 Å². The minimum absolute atomic E-state index is 0.131. The summed E-state index contributed by atoms with van der Waals surface area (Å²) in [6, 6.07) is 16.9. The number of nitrogens with one attached hydrogen (secondary N) is 1. The zero-order valence-electron chi connectivity index (χ0n) is 16.8. The van der Waals surface area contributed by atoms with Crippen LogP contribution in [0.2, 0.25) is 0 Å². The molecule has 0 spiro atoms. The van der Waals surface area contributed by atoms with Crippen LogP contribution in [0.4, 0.5) is 11.5 Å². The molecule has 0 radical (unpaired) electrons. The summed E-state index contributed by atoms with van der Waals surface area (Å²) in [7, 11) is -3.71. The fourth-order valence-electron chi connectivity index (χ4n) is 2.63. The summed E-state index contributed by atoms with van der Waals surface area (Å²) in [5.74, 6) is 1.61. The molecule has 2 aromatic carbocycles. The van der Waals surface area contributed by atoms with Crippen molar-refractivity contribution in [3.05, 3.63) is 72.4 Å². The Hall–Kier alpha value is -3.39. The molecule has 0 aliphatic rings. The molecule has 0 atom stereocenters. The van der Waals surface area contributed by atoms with Gasteiger partial charge in [-0.15, -0.1) is 0 Å². The van der Waals surface area contributed by atoms with Gasteiger partial charge in [0.05, 0.1) is 23.8 Å². The van der Waals surface area contributed by atoms with Crippen LogP contribution in [0.5, 0.6) is 11.5 Å². The van der Waals surface area contributed by atoms with E-state index in [9.17, 15) is 8.42 Å². The van der Waals surface area contributed by atoms with Crippen molar-refractivity contribution in [3.63, 3.8) is 0 Å². The Kier molecular flexibility index (Phi) is 7.03. The average Bonchev–Trinajstić information content (AvgIpc) is 2.75. The first kappa shape index (κ1) is 21.3. The average molecular weight is 426 g/mol. The quantitative estimate of drug-likeness (QED) is 0.512. The highest BCUT2D eigenvalue weighted by molar-refractivity contribution is 7.92. The first-order valence-electron chi connectivity index (χ1n) is 9.49. The van der Waals surface area contributed by atoms with Crippen LogP contribution < -0.4 is 14.2 Å². The van der Waals surface area contributed by atoms with E-state index in [-0.39, 0.29) is 10.7 Å². The van der Waals surface area contributed by atoms with E-state index in [1.165, 1.54) is 18.3 Å². The van der Waals surface area contributed by atoms with Crippen molar-refractivity contribution in [2.45, 2.75) is 18.7 Å². The van der Waals surface area contributed by atoms with Gasteiger partial charge in [-0.05, 0) is 74.0 Å². The van der Waals surface area contributed by atoms with Crippen LogP contribution in [0.3, 0.4) is 0 Å². The lowest BCUT2D eigenvalue weighted by Crippen LogP contribution is -2.13. The number of pyridine rings is 1. The van der Waals surface area contributed by atoms with Crippen molar-refractivity contribution >= 4 is 27.7 Å². The molecule has 8 heteroatoms. The van der Waals surface area contributed by atoms with Crippen LogP contribution in [0.25, 0.3) is 0 Å². The van der Waals surface area contributed by atoms with E-state index in [1.807, 2.05) is 32.0 Å². The summed E-state index contributed by atoms with van der Waals surface area (Å²) >= 11 is 0. The molecule has 0 saturated carbocycles. The van der Waals surface area contributed by atoms with Gasteiger partial charge in [-0.3, -0.25) is 9.71 Å². The topological polar surface area (TPSA) is 89.9 Å². The molecule has 0 saturated heterocycles. The molecule has 1 heterocycles. The van der Waals surface area contributed by atoms with Crippen LogP contribution >= 0.6 is 0 Å². The summed E-state index contributed by atoms with van der Waals surface area (Å²) in [6.07, 6.45) is 3.21. The highest BCUT2D eigenvalue weighted by atomic mass is 32.2. The van der Waals surface area contributed by atoms with E-state index >= 15 is 0 Å². The molecule has 0 aliphatic heterocycles. The summed E-state index contributed by atoms with van der Waals surface area (Å²) in [4.78, 5) is 8.52. The highest BCUT2D eigenvalue weighted by Gasteiger charge is 2.14. The number of hydrogen-bond acceptors (Lipinski definition) is 6.